The van der Waals surface area contributed by atoms with Crippen molar-refractivity contribution in [3.05, 3.63) is 48.2 Å². The van der Waals surface area contributed by atoms with Crippen LogP contribution in [0, 0.1) is 5.92 Å². The highest BCUT2D eigenvalue weighted by Gasteiger charge is 2.62. The zero-order valence-corrected chi connectivity index (χ0v) is 30.4. The molecule has 4 aliphatic rings. The maximum absolute atomic E-state index is 14.0. The number of unbranched alkanes of at least 4 members (excludes halogenated alkanes) is 2. The monoisotopic (exact) mass is 752 g/mol. The first-order valence-corrected chi connectivity index (χ1v) is 20.1. The Kier molecular flexibility index (Phi) is 11.7. The molecule has 2 aliphatic heterocycles. The first-order chi connectivity index (χ1) is 25.4. The van der Waals surface area contributed by atoms with Crippen LogP contribution in [0.4, 0.5) is 0 Å². The van der Waals surface area contributed by atoms with Crippen molar-refractivity contribution in [2.24, 2.45) is 11.7 Å². The van der Waals surface area contributed by atoms with Crippen molar-refractivity contribution < 1.29 is 42.2 Å². The number of nitrogens with one attached hydrogen (secondary N) is 3. The smallest absolute Gasteiger partial charge is 0.303 e. The Balaban J connectivity index is 1.17. The second-order valence-corrected chi connectivity index (χ2v) is 16.6. The Morgan fingerprint density at radius 2 is 1.87 bits per heavy atom. The van der Waals surface area contributed by atoms with E-state index in [9.17, 15) is 32.4 Å². The number of allylic oxidation sites excluding steroid dienone is 1. The topological polar surface area (TPSA) is 227 Å². The molecule has 286 valence electrons. The minimum Gasteiger partial charge on any atom is -0.491 e. The predicted molar refractivity (Wildman–Crippen MR) is 194 cm³/mol. The fraction of sp³-hybridized carbons (Fsp3) is 0.568. The molecule has 3 heterocycles. The van der Waals surface area contributed by atoms with Gasteiger partial charge in [-0.3, -0.25) is 28.7 Å². The third kappa shape index (κ3) is 9.15. The summed E-state index contributed by atoms with van der Waals surface area (Å²) in [5.74, 6) is -3.15. The highest BCUT2D eigenvalue weighted by atomic mass is 32.2. The Morgan fingerprint density at radius 3 is 2.64 bits per heavy atom. The summed E-state index contributed by atoms with van der Waals surface area (Å²) in [4.78, 5) is 71.6. The lowest BCUT2D eigenvalue weighted by atomic mass is 10.1. The molecular weight excluding hydrogens is 705 g/mol. The first-order valence-electron chi connectivity index (χ1n) is 18.5. The number of nitrogens with zero attached hydrogens (tertiary/aromatic N) is 2. The zero-order chi connectivity index (χ0) is 37.8. The van der Waals surface area contributed by atoms with Gasteiger partial charge in [-0.15, -0.1) is 0 Å². The van der Waals surface area contributed by atoms with E-state index >= 15 is 0 Å². The number of aromatic nitrogens is 1. The zero-order valence-electron chi connectivity index (χ0n) is 29.6. The average molecular weight is 753 g/mol. The van der Waals surface area contributed by atoms with Crippen LogP contribution in [0.25, 0.3) is 10.9 Å². The van der Waals surface area contributed by atoms with Crippen molar-refractivity contribution in [1.82, 2.24) is 25.2 Å². The lowest BCUT2D eigenvalue weighted by Gasteiger charge is -2.28. The summed E-state index contributed by atoms with van der Waals surface area (Å²) < 4.78 is 33.6. The van der Waals surface area contributed by atoms with E-state index in [-0.39, 0.29) is 31.5 Å². The van der Waals surface area contributed by atoms with Gasteiger partial charge in [-0.25, -0.2) is 13.4 Å². The van der Waals surface area contributed by atoms with Gasteiger partial charge in [-0.2, -0.15) is 0 Å². The fourth-order valence-corrected chi connectivity index (χ4v) is 8.52. The van der Waals surface area contributed by atoms with Gasteiger partial charge >= 0.3 is 5.97 Å². The van der Waals surface area contributed by atoms with Gasteiger partial charge in [0.25, 0.3) is 11.8 Å². The van der Waals surface area contributed by atoms with E-state index in [2.05, 4.69) is 20.3 Å². The molecule has 1 aromatic heterocycles. The number of amides is 4. The number of carbonyl (C=O) groups excluding carboxylic acids is 4. The number of rotatable bonds is 12. The molecule has 16 heteroatoms. The molecule has 15 nitrogen and oxygen atoms in total. The Hall–Kier alpha value is -4.57. The Labute approximate surface area is 308 Å². The molecule has 0 unspecified atom stereocenters. The molecule has 6 N–H and O–H groups in total. The molecule has 0 spiro atoms. The number of pyridine rings is 1. The minimum absolute atomic E-state index is 0.00122. The molecule has 0 bridgehead atoms. The van der Waals surface area contributed by atoms with E-state index in [0.29, 0.717) is 62.8 Å². The fourth-order valence-electron chi connectivity index (χ4n) is 7.16. The van der Waals surface area contributed by atoms with Gasteiger partial charge in [-0.05, 0) is 76.3 Å². The lowest BCUT2D eigenvalue weighted by Crippen LogP contribution is -2.57. The van der Waals surface area contributed by atoms with E-state index in [1.807, 2.05) is 24.3 Å². The van der Waals surface area contributed by atoms with Gasteiger partial charge in [0.1, 0.15) is 28.5 Å². The molecule has 2 aliphatic carbocycles. The summed E-state index contributed by atoms with van der Waals surface area (Å²) >= 11 is 0. The number of benzene rings is 1. The van der Waals surface area contributed by atoms with Crippen LogP contribution in [0.3, 0.4) is 0 Å². The largest absolute Gasteiger partial charge is 0.491 e. The van der Waals surface area contributed by atoms with Crippen molar-refractivity contribution >= 4 is 50.5 Å². The van der Waals surface area contributed by atoms with Gasteiger partial charge in [0.2, 0.25) is 21.8 Å². The summed E-state index contributed by atoms with van der Waals surface area (Å²) in [6.07, 6.45) is 10.5. The Bertz CT molecular complexity index is 1880. The Morgan fingerprint density at radius 1 is 1.06 bits per heavy atom. The van der Waals surface area contributed by atoms with E-state index < -0.39 is 74.5 Å². The molecule has 4 amide bonds. The van der Waals surface area contributed by atoms with Crippen LogP contribution in [0.1, 0.15) is 94.0 Å². The SMILES string of the molecule is N[C@H]1CCCCC/C=C\[C@@H]2C[C@@]2(C(=O)NS(=O)(=O)C2CC2)NC(=O)[C@@H]2C[C@@H](NC(=O)c3ccc4cccc(OCCCCCC(=O)O)c4n3)CN2C1=O. The number of fused-ring (bicyclic) bond motifs is 3. The summed E-state index contributed by atoms with van der Waals surface area (Å²) in [7, 11) is -3.88. The second-order valence-electron chi connectivity index (χ2n) is 14.6. The number of sulfonamides is 1. The van der Waals surface area contributed by atoms with Crippen LogP contribution in [-0.2, 0) is 29.2 Å². The number of nitrogens with two attached hydrogens (primary N) is 1. The van der Waals surface area contributed by atoms with Crippen molar-refractivity contribution in [1.29, 1.82) is 0 Å². The summed E-state index contributed by atoms with van der Waals surface area (Å²) in [5.41, 5.74) is 5.44. The highest BCUT2D eigenvalue weighted by molar-refractivity contribution is 7.91. The van der Waals surface area contributed by atoms with Gasteiger partial charge in [-0.1, -0.05) is 43.2 Å². The maximum Gasteiger partial charge on any atom is 0.303 e. The van der Waals surface area contributed by atoms with Crippen LogP contribution in [0.2, 0.25) is 0 Å². The number of ether oxygens (including phenoxy) is 1. The van der Waals surface area contributed by atoms with Crippen LogP contribution in [0.5, 0.6) is 5.75 Å². The third-order valence-electron chi connectivity index (χ3n) is 10.5. The maximum atomic E-state index is 14.0. The number of carbonyl (C=O) groups is 5. The summed E-state index contributed by atoms with van der Waals surface area (Å²) in [6, 6.07) is 6.14. The number of aliphatic carboxylic acids is 1. The van der Waals surface area contributed by atoms with Crippen LogP contribution in [-0.4, -0.2) is 95.1 Å². The normalized spacial score (nSPS) is 27.0. The average Bonchev–Trinajstić information content (AvgIpc) is 4.05. The van der Waals surface area contributed by atoms with Crippen molar-refractivity contribution in [3.8, 4) is 5.75 Å². The molecule has 6 rings (SSSR count). The molecule has 1 saturated heterocycles. The molecule has 5 atom stereocenters. The van der Waals surface area contributed by atoms with Crippen LogP contribution >= 0.6 is 0 Å². The van der Waals surface area contributed by atoms with Gasteiger partial charge in [0, 0.05) is 30.3 Å². The summed E-state index contributed by atoms with van der Waals surface area (Å²) in [6.45, 7) is 0.351. The third-order valence-corrected chi connectivity index (χ3v) is 12.3. The molecule has 0 radical (unpaired) electrons. The van der Waals surface area contributed by atoms with E-state index in [1.54, 1.807) is 18.2 Å². The predicted octanol–water partition coefficient (Wildman–Crippen LogP) is 2.29. The van der Waals surface area contributed by atoms with E-state index in [1.165, 1.54) is 4.90 Å². The lowest BCUT2D eigenvalue weighted by molar-refractivity contribution is -0.140. The van der Waals surface area contributed by atoms with Crippen LogP contribution in [0.15, 0.2) is 42.5 Å². The van der Waals surface area contributed by atoms with Gasteiger partial charge in [0.15, 0.2) is 0 Å². The number of carboxylic acids is 1. The molecule has 1 aromatic carbocycles. The van der Waals surface area contributed by atoms with Gasteiger partial charge < -0.3 is 31.1 Å². The van der Waals surface area contributed by atoms with Crippen molar-refractivity contribution in [2.75, 3.05) is 13.2 Å². The van der Waals surface area contributed by atoms with Crippen molar-refractivity contribution in [2.45, 2.75) is 112 Å². The molecule has 2 aromatic rings. The van der Waals surface area contributed by atoms with E-state index in [0.717, 1.165) is 24.6 Å². The summed E-state index contributed by atoms with van der Waals surface area (Å²) in [5, 5.41) is 14.7. The first kappa shape index (κ1) is 38.2. The van der Waals surface area contributed by atoms with Crippen LogP contribution < -0.4 is 25.8 Å². The molecule has 3 fully saturated rings. The number of hydrogen-bond donors (Lipinski definition) is 5. The standard InChI is InChI=1S/C37H48N6O9S/c38-27-12-6-3-1-2-5-11-24-21-37(24,36(49)42-53(50,51)26-16-17-26)41-34(47)29-20-25(22-43(29)35(27)48)39-33(46)28-18-15-23-10-9-13-30(32(23)40-28)52-19-8-4-7-14-31(44)45/h5,9-11,13,15,18,24-27,29H,1-4,6-8,12,14,16-17,19-22,38H2,(H,39,46)(H,41,47)(H,42,49)(H,44,45)/b11-5-/t24-,25-,27+,29+,37-/m1/s1. The van der Waals surface area contributed by atoms with Gasteiger partial charge in [0.05, 0.1) is 17.9 Å². The minimum atomic E-state index is -3.88. The number of hydrogen-bond acceptors (Lipinski definition) is 10. The number of carboxylic acid groups (broad SMARTS) is 1. The molecular formula is C37H48N6O9S. The molecule has 53 heavy (non-hydrogen) atoms. The van der Waals surface area contributed by atoms with Crippen molar-refractivity contribution in [3.63, 3.8) is 0 Å². The highest BCUT2D eigenvalue weighted by Crippen LogP contribution is 2.46. The number of para-hydroxylation sites is 1. The quantitative estimate of drug-likeness (QED) is 0.156. The molecule has 2 saturated carbocycles. The second kappa shape index (κ2) is 16.2. The van der Waals surface area contributed by atoms with E-state index in [4.69, 9.17) is 15.6 Å².